The smallest absolute Gasteiger partial charge is 0.295 e. The molecule has 1 heterocycles. The molecule has 0 radical (unpaired) electrons. The fourth-order valence-electron chi connectivity index (χ4n) is 1.77. The third kappa shape index (κ3) is 1.52. The molecular formula is C9H14N4OS. The summed E-state index contributed by atoms with van der Waals surface area (Å²) in [4.78, 5) is 11.9. The van der Waals surface area contributed by atoms with Crippen molar-refractivity contribution in [3.8, 4) is 0 Å². The fourth-order valence-corrected chi connectivity index (χ4v) is 2.17. The maximum atomic E-state index is 11.9. The molecule has 1 aromatic rings. The molecule has 5 nitrogen and oxygen atoms in total. The maximum absolute atomic E-state index is 11.9. The normalized spacial score (nSPS) is 17.7. The summed E-state index contributed by atoms with van der Waals surface area (Å²) < 4.78 is 1.10. The molecule has 1 aliphatic rings. The van der Waals surface area contributed by atoms with Crippen molar-refractivity contribution >= 4 is 11.8 Å². The van der Waals surface area contributed by atoms with Crippen LogP contribution < -0.4 is 11.4 Å². The van der Waals surface area contributed by atoms with Crippen LogP contribution in [0.2, 0.25) is 0 Å². The Morgan fingerprint density at radius 2 is 2.20 bits per heavy atom. The number of nitrogen functional groups attached to an aromatic ring is 1. The third-order valence-corrected chi connectivity index (χ3v) is 3.72. The van der Waals surface area contributed by atoms with Gasteiger partial charge in [0.25, 0.3) is 5.56 Å². The Bertz CT molecular complexity index is 438. The number of nitrogens with two attached hydrogens (primary N) is 1. The Morgan fingerprint density at radius 3 is 2.67 bits per heavy atom. The first kappa shape index (κ1) is 10.5. The van der Waals surface area contributed by atoms with E-state index < -0.39 is 0 Å². The molecule has 0 aliphatic heterocycles. The molecule has 0 unspecified atom stereocenters. The van der Waals surface area contributed by atoms with Crippen molar-refractivity contribution in [1.29, 1.82) is 0 Å². The molecule has 1 fully saturated rings. The molecule has 1 aliphatic carbocycles. The summed E-state index contributed by atoms with van der Waals surface area (Å²) in [6.07, 6.45) is 4.78. The van der Waals surface area contributed by atoms with Gasteiger partial charge >= 0.3 is 0 Å². The highest BCUT2D eigenvalue weighted by Gasteiger charge is 2.46. The Kier molecular flexibility index (Phi) is 2.46. The molecule has 82 valence electrons. The molecule has 6 heteroatoms. The summed E-state index contributed by atoms with van der Waals surface area (Å²) in [6.45, 7) is 2.07. The first-order chi connectivity index (χ1) is 7.14. The molecule has 15 heavy (non-hydrogen) atoms. The summed E-state index contributed by atoms with van der Waals surface area (Å²) in [6, 6.07) is 0. The average molecular weight is 226 g/mol. The van der Waals surface area contributed by atoms with Crippen molar-refractivity contribution in [2.24, 2.45) is 0 Å². The van der Waals surface area contributed by atoms with Gasteiger partial charge < -0.3 is 5.84 Å². The first-order valence-corrected chi connectivity index (χ1v) is 6.16. The lowest BCUT2D eigenvalue weighted by Gasteiger charge is -2.11. The van der Waals surface area contributed by atoms with Gasteiger partial charge in [-0.1, -0.05) is 18.7 Å². The van der Waals surface area contributed by atoms with Gasteiger partial charge in [0, 0.05) is 5.41 Å². The van der Waals surface area contributed by atoms with E-state index in [-0.39, 0.29) is 11.0 Å². The van der Waals surface area contributed by atoms with Crippen molar-refractivity contribution < 1.29 is 0 Å². The number of aromatic nitrogens is 3. The Labute approximate surface area is 92.0 Å². The predicted octanol–water partition coefficient (Wildman–Crippen LogP) is 0.516. The van der Waals surface area contributed by atoms with Gasteiger partial charge in [-0.2, -0.15) is 4.68 Å². The van der Waals surface area contributed by atoms with Crippen molar-refractivity contribution in [3.63, 3.8) is 0 Å². The van der Waals surface area contributed by atoms with Crippen molar-refractivity contribution in [2.45, 2.75) is 36.8 Å². The quantitative estimate of drug-likeness (QED) is 0.600. The zero-order valence-corrected chi connectivity index (χ0v) is 9.67. The van der Waals surface area contributed by atoms with E-state index in [1.54, 1.807) is 0 Å². The second kappa shape index (κ2) is 3.52. The lowest BCUT2D eigenvalue weighted by atomic mass is 10.00. The lowest BCUT2D eigenvalue weighted by Crippen LogP contribution is -2.36. The molecular weight excluding hydrogens is 212 g/mol. The minimum atomic E-state index is -0.200. The second-order valence-electron chi connectivity index (χ2n) is 3.84. The summed E-state index contributed by atoms with van der Waals surface area (Å²) in [5.41, 5.74) is 0.293. The van der Waals surface area contributed by atoms with Crippen molar-refractivity contribution in [2.75, 3.05) is 12.1 Å². The van der Waals surface area contributed by atoms with Crippen LogP contribution >= 0.6 is 11.8 Å². The predicted molar refractivity (Wildman–Crippen MR) is 59.4 cm³/mol. The lowest BCUT2D eigenvalue weighted by molar-refractivity contribution is 0.571. The van der Waals surface area contributed by atoms with E-state index in [4.69, 9.17) is 5.84 Å². The monoisotopic (exact) mass is 226 g/mol. The Hall–Kier alpha value is -1.04. The first-order valence-electron chi connectivity index (χ1n) is 4.94. The number of rotatable bonds is 3. The van der Waals surface area contributed by atoms with Gasteiger partial charge in [0.1, 0.15) is 5.69 Å². The summed E-state index contributed by atoms with van der Waals surface area (Å²) in [7, 11) is 0. The van der Waals surface area contributed by atoms with Gasteiger partial charge in [-0.25, -0.2) is 0 Å². The van der Waals surface area contributed by atoms with Crippen molar-refractivity contribution in [1.82, 2.24) is 14.9 Å². The van der Waals surface area contributed by atoms with Crippen LogP contribution in [0.25, 0.3) is 0 Å². The van der Waals surface area contributed by atoms with Crippen LogP contribution in [-0.2, 0) is 5.41 Å². The van der Waals surface area contributed by atoms with Gasteiger partial charge in [0.15, 0.2) is 0 Å². The van der Waals surface area contributed by atoms with Gasteiger partial charge in [-0.05, 0) is 25.5 Å². The molecule has 0 saturated heterocycles. The van der Waals surface area contributed by atoms with E-state index in [0.29, 0.717) is 10.9 Å². The second-order valence-corrected chi connectivity index (χ2v) is 4.62. The average Bonchev–Trinajstić information content (AvgIpc) is 3.03. The molecule has 0 aromatic carbocycles. The maximum Gasteiger partial charge on any atom is 0.295 e. The van der Waals surface area contributed by atoms with Gasteiger partial charge in [-0.3, -0.25) is 4.79 Å². The van der Waals surface area contributed by atoms with E-state index >= 15 is 0 Å². The van der Waals surface area contributed by atoms with E-state index in [1.165, 1.54) is 11.8 Å². The molecule has 2 rings (SSSR count). The van der Waals surface area contributed by atoms with E-state index in [0.717, 1.165) is 23.9 Å². The van der Waals surface area contributed by atoms with Crippen LogP contribution in [0.4, 0.5) is 0 Å². The fraction of sp³-hybridized carbons (Fsp3) is 0.667. The van der Waals surface area contributed by atoms with Crippen LogP contribution in [0, 0.1) is 0 Å². The minimum absolute atomic E-state index is 0.0395. The molecule has 2 N–H and O–H groups in total. The highest BCUT2D eigenvalue weighted by atomic mass is 32.2. The number of hydrogen-bond donors (Lipinski definition) is 1. The van der Waals surface area contributed by atoms with Crippen molar-refractivity contribution in [3.05, 3.63) is 16.0 Å². The number of thioether (sulfide) groups is 1. The topological polar surface area (TPSA) is 73.8 Å². The molecule has 0 spiro atoms. The minimum Gasteiger partial charge on any atom is -0.334 e. The SMILES string of the molecule is CCC1(c2nnc(SC)n(N)c2=O)CC1. The third-order valence-electron chi connectivity index (χ3n) is 3.08. The summed E-state index contributed by atoms with van der Waals surface area (Å²) in [5, 5.41) is 8.45. The highest BCUT2D eigenvalue weighted by Crippen LogP contribution is 2.48. The van der Waals surface area contributed by atoms with Crippen LogP contribution in [0.3, 0.4) is 0 Å². The molecule has 1 aromatic heterocycles. The molecule has 0 atom stereocenters. The van der Waals surface area contributed by atoms with Gasteiger partial charge in [0.05, 0.1) is 0 Å². The Balaban J connectivity index is 2.52. The zero-order chi connectivity index (χ0) is 11.1. The van der Waals surface area contributed by atoms with E-state index in [2.05, 4.69) is 17.1 Å². The van der Waals surface area contributed by atoms with Crippen LogP contribution in [-0.4, -0.2) is 21.1 Å². The van der Waals surface area contributed by atoms with E-state index in [9.17, 15) is 4.79 Å². The van der Waals surface area contributed by atoms with Gasteiger partial charge in [-0.15, -0.1) is 10.2 Å². The Morgan fingerprint density at radius 1 is 1.53 bits per heavy atom. The zero-order valence-electron chi connectivity index (χ0n) is 8.86. The van der Waals surface area contributed by atoms with Crippen LogP contribution in [0.15, 0.2) is 9.95 Å². The van der Waals surface area contributed by atoms with Crippen LogP contribution in [0.5, 0.6) is 0 Å². The summed E-state index contributed by atoms with van der Waals surface area (Å²) in [5.74, 6) is 5.65. The largest absolute Gasteiger partial charge is 0.334 e. The number of nitrogens with zero attached hydrogens (tertiary/aromatic N) is 3. The van der Waals surface area contributed by atoms with E-state index in [1.807, 2.05) is 6.26 Å². The standard InChI is InChI=1S/C9H14N4OS/c1-3-9(4-5-9)6-7(14)13(10)8(15-2)12-11-6/h3-5,10H2,1-2H3. The van der Waals surface area contributed by atoms with Crippen LogP contribution in [0.1, 0.15) is 31.9 Å². The van der Waals surface area contributed by atoms with Gasteiger partial charge in [0.2, 0.25) is 5.16 Å². The highest BCUT2D eigenvalue weighted by molar-refractivity contribution is 7.98. The molecule has 0 bridgehead atoms. The summed E-state index contributed by atoms with van der Waals surface area (Å²) >= 11 is 1.32. The number of hydrogen-bond acceptors (Lipinski definition) is 5. The molecule has 1 saturated carbocycles. The molecule has 0 amide bonds.